The van der Waals surface area contributed by atoms with Crippen molar-refractivity contribution < 1.29 is 5.11 Å². The Morgan fingerprint density at radius 3 is 2.15 bits per heavy atom. The summed E-state index contributed by atoms with van der Waals surface area (Å²) in [4.78, 5) is 2.58. The van der Waals surface area contributed by atoms with Gasteiger partial charge in [0.2, 0.25) is 0 Å². The lowest BCUT2D eigenvalue weighted by Crippen LogP contribution is -2.51. The van der Waals surface area contributed by atoms with E-state index in [9.17, 15) is 5.11 Å². The zero-order chi connectivity index (χ0) is 15.2. The number of hydrogen-bond donors (Lipinski definition) is 2. The van der Waals surface area contributed by atoms with Crippen molar-refractivity contribution in [1.82, 2.24) is 10.2 Å². The predicted molar refractivity (Wildman–Crippen MR) is 87.1 cm³/mol. The van der Waals surface area contributed by atoms with Gasteiger partial charge in [-0.2, -0.15) is 0 Å². The van der Waals surface area contributed by atoms with E-state index < -0.39 is 0 Å². The Labute approximate surface area is 126 Å². The Morgan fingerprint density at radius 1 is 1.20 bits per heavy atom. The average Bonchev–Trinajstić information content (AvgIpc) is 2.45. The van der Waals surface area contributed by atoms with Crippen LogP contribution in [0.5, 0.6) is 0 Å². The number of aliphatic hydroxyl groups excluding tert-OH is 1. The Kier molecular flexibility index (Phi) is 6.96. The van der Waals surface area contributed by atoms with E-state index in [4.69, 9.17) is 0 Å². The van der Waals surface area contributed by atoms with Gasteiger partial charge in [-0.1, -0.05) is 40.5 Å². The Hall–Kier alpha value is -0.120. The maximum absolute atomic E-state index is 9.64. The largest absolute Gasteiger partial charge is 0.394 e. The van der Waals surface area contributed by atoms with Crippen molar-refractivity contribution in [3.63, 3.8) is 0 Å². The van der Waals surface area contributed by atoms with E-state index in [1.807, 2.05) is 0 Å². The van der Waals surface area contributed by atoms with Crippen LogP contribution < -0.4 is 5.32 Å². The molecule has 20 heavy (non-hydrogen) atoms. The number of aliphatic hydroxyl groups is 1. The molecule has 0 spiro atoms. The smallest absolute Gasteiger partial charge is 0.0611 e. The minimum Gasteiger partial charge on any atom is -0.394 e. The van der Waals surface area contributed by atoms with Gasteiger partial charge in [0.1, 0.15) is 0 Å². The van der Waals surface area contributed by atoms with E-state index in [0.717, 1.165) is 13.0 Å². The van der Waals surface area contributed by atoms with Crippen molar-refractivity contribution in [3.8, 4) is 0 Å². The van der Waals surface area contributed by atoms with E-state index in [-0.39, 0.29) is 12.1 Å². The molecule has 3 nitrogen and oxygen atoms in total. The number of likely N-dealkylation sites (tertiary alicyclic amines) is 1. The van der Waals surface area contributed by atoms with Gasteiger partial charge in [-0.25, -0.2) is 0 Å². The molecule has 1 aliphatic rings. The van der Waals surface area contributed by atoms with E-state index in [0.29, 0.717) is 11.5 Å². The third kappa shape index (κ3) is 5.01. The number of hydrogen-bond acceptors (Lipinski definition) is 3. The summed E-state index contributed by atoms with van der Waals surface area (Å²) in [6, 6.07) is 0.418. The SMILES string of the molecule is CCC1(CC)CCN(CCC(C)(CO)NC(C)C)CC1. The average molecular weight is 284 g/mol. The lowest BCUT2D eigenvalue weighted by Gasteiger charge is -2.42. The molecule has 0 amide bonds. The van der Waals surface area contributed by atoms with Crippen molar-refractivity contribution in [2.24, 2.45) is 5.41 Å². The molecule has 0 aromatic heterocycles. The van der Waals surface area contributed by atoms with Crippen molar-refractivity contribution in [2.45, 2.75) is 78.3 Å². The third-order valence-electron chi connectivity index (χ3n) is 5.38. The maximum atomic E-state index is 9.64. The van der Waals surface area contributed by atoms with Gasteiger partial charge in [-0.05, 0) is 51.2 Å². The first kappa shape index (κ1) is 17.9. The van der Waals surface area contributed by atoms with Crippen LogP contribution in [0.15, 0.2) is 0 Å². The molecule has 1 rings (SSSR count). The van der Waals surface area contributed by atoms with Gasteiger partial charge in [-0.3, -0.25) is 0 Å². The van der Waals surface area contributed by atoms with Gasteiger partial charge in [0.15, 0.2) is 0 Å². The van der Waals surface area contributed by atoms with Crippen molar-refractivity contribution in [3.05, 3.63) is 0 Å². The second kappa shape index (κ2) is 7.77. The fraction of sp³-hybridized carbons (Fsp3) is 1.00. The Bertz CT molecular complexity index is 266. The van der Waals surface area contributed by atoms with Crippen LogP contribution in [-0.4, -0.2) is 47.8 Å². The molecule has 1 heterocycles. The van der Waals surface area contributed by atoms with Gasteiger partial charge in [0, 0.05) is 11.6 Å². The molecule has 120 valence electrons. The Balaban J connectivity index is 2.40. The number of nitrogens with one attached hydrogen (secondary N) is 1. The van der Waals surface area contributed by atoms with E-state index in [1.54, 1.807) is 0 Å². The third-order valence-corrected chi connectivity index (χ3v) is 5.38. The predicted octanol–water partition coefficient (Wildman–Crippen LogP) is 3.03. The summed E-state index contributed by atoms with van der Waals surface area (Å²) in [6.45, 7) is 14.9. The molecule has 1 aliphatic heterocycles. The molecule has 1 fully saturated rings. The van der Waals surface area contributed by atoms with Crippen LogP contribution in [0.3, 0.4) is 0 Å². The lowest BCUT2D eigenvalue weighted by atomic mass is 9.74. The topological polar surface area (TPSA) is 35.5 Å². The van der Waals surface area contributed by atoms with Gasteiger partial charge in [0.05, 0.1) is 6.61 Å². The van der Waals surface area contributed by atoms with Gasteiger partial charge in [-0.15, -0.1) is 0 Å². The normalized spacial score (nSPS) is 22.9. The fourth-order valence-corrected chi connectivity index (χ4v) is 3.51. The van der Waals surface area contributed by atoms with Gasteiger partial charge in [0.25, 0.3) is 0 Å². The fourth-order valence-electron chi connectivity index (χ4n) is 3.51. The molecule has 0 bridgehead atoms. The highest BCUT2D eigenvalue weighted by atomic mass is 16.3. The highest BCUT2D eigenvalue weighted by Crippen LogP contribution is 2.37. The summed E-state index contributed by atoms with van der Waals surface area (Å²) in [5.74, 6) is 0. The van der Waals surface area contributed by atoms with E-state index >= 15 is 0 Å². The summed E-state index contributed by atoms with van der Waals surface area (Å²) < 4.78 is 0. The molecule has 0 aromatic rings. The molecule has 1 atom stereocenters. The molecule has 1 saturated heterocycles. The minimum absolute atomic E-state index is 0.141. The molecule has 2 N–H and O–H groups in total. The van der Waals surface area contributed by atoms with Gasteiger partial charge >= 0.3 is 0 Å². The highest BCUT2D eigenvalue weighted by Gasteiger charge is 2.32. The van der Waals surface area contributed by atoms with Crippen LogP contribution in [0.4, 0.5) is 0 Å². The van der Waals surface area contributed by atoms with Crippen LogP contribution in [0, 0.1) is 5.41 Å². The number of rotatable bonds is 8. The molecular formula is C17H36N2O. The lowest BCUT2D eigenvalue weighted by molar-refractivity contribution is 0.0790. The Morgan fingerprint density at radius 2 is 1.75 bits per heavy atom. The summed E-state index contributed by atoms with van der Waals surface area (Å²) in [5.41, 5.74) is 0.463. The molecule has 0 aliphatic carbocycles. The quantitative estimate of drug-likeness (QED) is 0.719. The zero-order valence-electron chi connectivity index (χ0n) is 14.3. The molecule has 1 unspecified atom stereocenters. The van der Waals surface area contributed by atoms with Crippen LogP contribution >= 0.6 is 0 Å². The number of nitrogens with zero attached hydrogens (tertiary/aromatic N) is 1. The first-order valence-electron chi connectivity index (χ1n) is 8.49. The summed E-state index contributed by atoms with van der Waals surface area (Å²) in [7, 11) is 0. The second-order valence-corrected chi connectivity index (χ2v) is 7.32. The van der Waals surface area contributed by atoms with E-state index in [2.05, 4.69) is 44.8 Å². The molecular weight excluding hydrogens is 248 g/mol. The van der Waals surface area contributed by atoms with Crippen LogP contribution in [0.25, 0.3) is 0 Å². The monoisotopic (exact) mass is 284 g/mol. The highest BCUT2D eigenvalue weighted by molar-refractivity contribution is 4.88. The van der Waals surface area contributed by atoms with Crippen LogP contribution in [0.2, 0.25) is 0 Å². The molecule has 0 radical (unpaired) electrons. The maximum Gasteiger partial charge on any atom is 0.0611 e. The molecule has 0 aromatic carbocycles. The first-order valence-corrected chi connectivity index (χ1v) is 8.49. The first-order chi connectivity index (χ1) is 9.38. The summed E-state index contributed by atoms with van der Waals surface area (Å²) in [5, 5.41) is 13.1. The summed E-state index contributed by atoms with van der Waals surface area (Å²) >= 11 is 0. The van der Waals surface area contributed by atoms with Crippen molar-refractivity contribution >= 4 is 0 Å². The molecule has 3 heteroatoms. The number of piperidine rings is 1. The van der Waals surface area contributed by atoms with E-state index in [1.165, 1.54) is 38.8 Å². The van der Waals surface area contributed by atoms with Crippen molar-refractivity contribution in [1.29, 1.82) is 0 Å². The van der Waals surface area contributed by atoms with Crippen LogP contribution in [0.1, 0.15) is 66.7 Å². The van der Waals surface area contributed by atoms with Crippen molar-refractivity contribution in [2.75, 3.05) is 26.2 Å². The van der Waals surface area contributed by atoms with Gasteiger partial charge < -0.3 is 15.3 Å². The second-order valence-electron chi connectivity index (χ2n) is 7.32. The standard InChI is InChI=1S/C17H36N2O/c1-6-17(7-2)9-12-19(13-10-17)11-8-16(5,14-20)18-15(3)4/h15,18,20H,6-14H2,1-5H3. The van der Waals surface area contributed by atoms with Crippen LogP contribution in [-0.2, 0) is 0 Å². The molecule has 0 saturated carbocycles. The summed E-state index contributed by atoms with van der Waals surface area (Å²) in [6.07, 6.45) is 6.34. The zero-order valence-corrected chi connectivity index (χ0v) is 14.3. The minimum atomic E-state index is -0.141.